The summed E-state index contributed by atoms with van der Waals surface area (Å²) in [6.45, 7) is 7.14. The van der Waals surface area contributed by atoms with Crippen LogP contribution in [0.3, 0.4) is 0 Å². The summed E-state index contributed by atoms with van der Waals surface area (Å²) in [4.78, 5) is 0. The summed E-state index contributed by atoms with van der Waals surface area (Å²) >= 11 is 0. The maximum absolute atomic E-state index is 5.49. The molecule has 0 aliphatic carbocycles. The van der Waals surface area contributed by atoms with Crippen LogP contribution in [-0.4, -0.2) is 38.6 Å². The smallest absolute Gasteiger partial charge is 0.0834 e. The Labute approximate surface area is 74.0 Å². The first-order chi connectivity index (χ1) is 5.83. The third-order valence-corrected chi connectivity index (χ3v) is 1.83. The standard InChI is InChI=1S/C9H18O3/c1-3-10-4-5-11-8(2)6-9-7-12-9/h8-9H,3-7H2,1-2H3. The van der Waals surface area contributed by atoms with Crippen LogP contribution >= 0.6 is 0 Å². The Morgan fingerprint density at radius 3 is 2.83 bits per heavy atom. The Morgan fingerprint density at radius 1 is 1.50 bits per heavy atom. The van der Waals surface area contributed by atoms with Crippen LogP contribution < -0.4 is 0 Å². The summed E-state index contributed by atoms with van der Waals surface area (Å²) in [5.41, 5.74) is 0. The van der Waals surface area contributed by atoms with Gasteiger partial charge in [-0.25, -0.2) is 0 Å². The quantitative estimate of drug-likeness (QED) is 0.429. The van der Waals surface area contributed by atoms with Crippen molar-refractivity contribution in [1.82, 2.24) is 0 Å². The van der Waals surface area contributed by atoms with Gasteiger partial charge in [-0.3, -0.25) is 0 Å². The Hall–Kier alpha value is -0.120. The minimum absolute atomic E-state index is 0.304. The number of hydrogen-bond donors (Lipinski definition) is 0. The van der Waals surface area contributed by atoms with E-state index in [0.717, 1.165) is 19.6 Å². The van der Waals surface area contributed by atoms with Crippen LogP contribution in [0.2, 0.25) is 0 Å². The molecule has 0 bridgehead atoms. The number of epoxide rings is 1. The zero-order valence-electron chi connectivity index (χ0n) is 7.91. The van der Waals surface area contributed by atoms with Gasteiger partial charge in [0.25, 0.3) is 0 Å². The summed E-state index contributed by atoms with van der Waals surface area (Å²) in [6.07, 6.45) is 1.79. The average Bonchev–Trinajstić information content (AvgIpc) is 2.82. The van der Waals surface area contributed by atoms with Crippen molar-refractivity contribution in [3.63, 3.8) is 0 Å². The molecule has 0 aromatic rings. The van der Waals surface area contributed by atoms with Crippen molar-refractivity contribution in [3.05, 3.63) is 0 Å². The third kappa shape index (κ3) is 4.70. The minimum atomic E-state index is 0.304. The molecule has 1 aliphatic heterocycles. The predicted octanol–water partition coefficient (Wildman–Crippen LogP) is 1.22. The van der Waals surface area contributed by atoms with Gasteiger partial charge in [0.2, 0.25) is 0 Å². The highest BCUT2D eigenvalue weighted by Crippen LogP contribution is 2.16. The molecule has 1 fully saturated rings. The lowest BCUT2D eigenvalue weighted by Crippen LogP contribution is -2.14. The van der Waals surface area contributed by atoms with Crippen LogP contribution in [-0.2, 0) is 14.2 Å². The summed E-state index contributed by atoms with van der Waals surface area (Å²) in [5.74, 6) is 0. The van der Waals surface area contributed by atoms with Gasteiger partial charge in [0.15, 0.2) is 0 Å². The van der Waals surface area contributed by atoms with Crippen LogP contribution in [0.15, 0.2) is 0 Å². The van der Waals surface area contributed by atoms with Gasteiger partial charge in [0, 0.05) is 13.0 Å². The highest BCUT2D eigenvalue weighted by molar-refractivity contribution is 4.71. The topological polar surface area (TPSA) is 31.0 Å². The van der Waals surface area contributed by atoms with Crippen molar-refractivity contribution in [2.75, 3.05) is 26.4 Å². The molecular formula is C9H18O3. The van der Waals surface area contributed by atoms with Gasteiger partial charge < -0.3 is 14.2 Å². The molecule has 1 heterocycles. The first kappa shape index (κ1) is 9.96. The van der Waals surface area contributed by atoms with Crippen LogP contribution in [0.25, 0.3) is 0 Å². The second kappa shape index (κ2) is 5.51. The van der Waals surface area contributed by atoms with Crippen molar-refractivity contribution in [2.45, 2.75) is 32.5 Å². The van der Waals surface area contributed by atoms with Crippen molar-refractivity contribution in [1.29, 1.82) is 0 Å². The van der Waals surface area contributed by atoms with Crippen molar-refractivity contribution in [2.24, 2.45) is 0 Å². The Morgan fingerprint density at radius 2 is 2.25 bits per heavy atom. The van der Waals surface area contributed by atoms with E-state index in [1.54, 1.807) is 0 Å². The van der Waals surface area contributed by atoms with Gasteiger partial charge in [-0.2, -0.15) is 0 Å². The van der Waals surface area contributed by atoms with Gasteiger partial charge in [-0.05, 0) is 13.8 Å². The second-order valence-corrected chi connectivity index (χ2v) is 3.07. The molecule has 0 N–H and O–H groups in total. The van der Waals surface area contributed by atoms with E-state index in [0.29, 0.717) is 25.4 Å². The summed E-state index contributed by atoms with van der Waals surface area (Å²) in [7, 11) is 0. The van der Waals surface area contributed by atoms with E-state index in [2.05, 4.69) is 6.92 Å². The molecule has 3 heteroatoms. The summed E-state index contributed by atoms with van der Waals surface area (Å²) in [6, 6.07) is 0. The highest BCUT2D eigenvalue weighted by Gasteiger charge is 2.24. The van der Waals surface area contributed by atoms with E-state index < -0.39 is 0 Å². The monoisotopic (exact) mass is 174 g/mol. The second-order valence-electron chi connectivity index (χ2n) is 3.07. The van der Waals surface area contributed by atoms with Gasteiger partial charge in [-0.15, -0.1) is 0 Å². The third-order valence-electron chi connectivity index (χ3n) is 1.83. The first-order valence-corrected chi connectivity index (χ1v) is 4.64. The maximum Gasteiger partial charge on any atom is 0.0834 e. The lowest BCUT2D eigenvalue weighted by molar-refractivity contribution is 0.00943. The highest BCUT2D eigenvalue weighted by atomic mass is 16.6. The number of ether oxygens (including phenoxy) is 3. The minimum Gasteiger partial charge on any atom is -0.379 e. The van der Waals surface area contributed by atoms with Crippen LogP contribution in [0.4, 0.5) is 0 Å². The molecule has 2 unspecified atom stereocenters. The van der Waals surface area contributed by atoms with E-state index in [1.165, 1.54) is 0 Å². The van der Waals surface area contributed by atoms with Crippen molar-refractivity contribution in [3.8, 4) is 0 Å². The normalized spacial score (nSPS) is 24.0. The fourth-order valence-electron chi connectivity index (χ4n) is 1.09. The molecule has 72 valence electrons. The lowest BCUT2D eigenvalue weighted by atomic mass is 10.2. The maximum atomic E-state index is 5.49. The first-order valence-electron chi connectivity index (χ1n) is 4.64. The Bertz CT molecular complexity index is 112. The van der Waals surface area contributed by atoms with E-state index in [-0.39, 0.29) is 0 Å². The summed E-state index contributed by atoms with van der Waals surface area (Å²) in [5, 5.41) is 0. The van der Waals surface area contributed by atoms with Crippen LogP contribution in [0.5, 0.6) is 0 Å². The summed E-state index contributed by atoms with van der Waals surface area (Å²) < 4.78 is 15.7. The van der Waals surface area contributed by atoms with Gasteiger partial charge in [0.05, 0.1) is 32.0 Å². The molecule has 0 aromatic carbocycles. The lowest BCUT2D eigenvalue weighted by Gasteiger charge is -2.10. The van der Waals surface area contributed by atoms with Crippen LogP contribution in [0.1, 0.15) is 20.3 Å². The molecule has 0 radical (unpaired) electrons. The molecule has 1 aliphatic rings. The van der Waals surface area contributed by atoms with Gasteiger partial charge >= 0.3 is 0 Å². The zero-order valence-corrected chi connectivity index (χ0v) is 7.91. The molecule has 0 amide bonds. The number of hydrogen-bond acceptors (Lipinski definition) is 3. The predicted molar refractivity (Wildman–Crippen MR) is 46.3 cm³/mol. The Kier molecular flexibility index (Phi) is 4.58. The van der Waals surface area contributed by atoms with Gasteiger partial charge in [0.1, 0.15) is 0 Å². The molecule has 1 rings (SSSR count). The molecule has 3 nitrogen and oxygen atoms in total. The van der Waals surface area contributed by atoms with Crippen molar-refractivity contribution >= 4 is 0 Å². The molecule has 0 spiro atoms. The molecule has 12 heavy (non-hydrogen) atoms. The molecule has 2 atom stereocenters. The van der Waals surface area contributed by atoms with E-state index in [4.69, 9.17) is 14.2 Å². The Balaban J connectivity index is 1.83. The van der Waals surface area contributed by atoms with Crippen molar-refractivity contribution < 1.29 is 14.2 Å². The molecular weight excluding hydrogens is 156 g/mol. The molecule has 0 saturated carbocycles. The zero-order chi connectivity index (χ0) is 8.81. The van der Waals surface area contributed by atoms with E-state index >= 15 is 0 Å². The SMILES string of the molecule is CCOCCOC(C)CC1CO1. The average molecular weight is 174 g/mol. The fourth-order valence-corrected chi connectivity index (χ4v) is 1.09. The van der Waals surface area contributed by atoms with Gasteiger partial charge in [-0.1, -0.05) is 0 Å². The van der Waals surface area contributed by atoms with Crippen LogP contribution in [0, 0.1) is 0 Å². The number of rotatable bonds is 7. The van der Waals surface area contributed by atoms with E-state index in [9.17, 15) is 0 Å². The molecule has 1 saturated heterocycles. The van der Waals surface area contributed by atoms with E-state index in [1.807, 2.05) is 6.92 Å². The molecule has 0 aromatic heterocycles. The fraction of sp³-hybridized carbons (Fsp3) is 1.00. The largest absolute Gasteiger partial charge is 0.379 e.